The van der Waals surface area contributed by atoms with E-state index in [0.29, 0.717) is 12.6 Å². The Balaban J connectivity index is 1.52. The summed E-state index contributed by atoms with van der Waals surface area (Å²) < 4.78 is 11.1. The number of aliphatic imine (C=N–C) groups is 1. The van der Waals surface area contributed by atoms with Gasteiger partial charge in [0.25, 0.3) is 0 Å². The summed E-state index contributed by atoms with van der Waals surface area (Å²) >= 11 is 0. The lowest BCUT2D eigenvalue weighted by Gasteiger charge is -2.37. The molecule has 0 aromatic heterocycles. The fourth-order valence-corrected chi connectivity index (χ4v) is 4.49. The molecule has 3 heterocycles. The molecule has 0 saturated carbocycles. The number of hydrogen-bond acceptors (Lipinski definition) is 5. The van der Waals surface area contributed by atoms with Gasteiger partial charge in [-0.1, -0.05) is 0 Å². The van der Waals surface area contributed by atoms with E-state index in [1.165, 1.54) is 0 Å². The Morgan fingerprint density at radius 2 is 1.90 bits per heavy atom. The summed E-state index contributed by atoms with van der Waals surface area (Å²) in [6, 6.07) is 0.721. The number of nitrogens with one attached hydrogen (secondary N) is 1. The van der Waals surface area contributed by atoms with Gasteiger partial charge in [0.15, 0.2) is 5.96 Å². The first-order valence-corrected chi connectivity index (χ1v) is 11.1. The van der Waals surface area contributed by atoms with E-state index in [2.05, 4.69) is 20.1 Å². The van der Waals surface area contributed by atoms with Crippen LogP contribution in [0, 0.1) is 0 Å². The fraction of sp³-hybridized carbons (Fsp3) is 0.905. The van der Waals surface area contributed by atoms with Crippen LogP contribution in [0.25, 0.3) is 0 Å². The molecule has 0 aliphatic carbocycles. The van der Waals surface area contributed by atoms with Crippen molar-refractivity contribution in [2.75, 3.05) is 59.5 Å². The second kappa shape index (κ2) is 9.98. The molecule has 0 aromatic carbocycles. The number of ether oxygens (including phenoxy) is 2. The molecule has 8 heteroatoms. The van der Waals surface area contributed by atoms with Crippen LogP contribution in [0.2, 0.25) is 0 Å². The molecule has 2 atom stereocenters. The van der Waals surface area contributed by atoms with Crippen molar-refractivity contribution in [1.29, 1.82) is 0 Å². The average molecular weight is 410 g/mol. The fourth-order valence-electron chi connectivity index (χ4n) is 4.49. The first-order chi connectivity index (χ1) is 13.9. The number of rotatable bonds is 3. The Bertz CT molecular complexity index is 571. The van der Waals surface area contributed by atoms with Crippen LogP contribution in [-0.4, -0.2) is 104 Å². The van der Waals surface area contributed by atoms with Gasteiger partial charge < -0.3 is 24.6 Å². The van der Waals surface area contributed by atoms with Crippen LogP contribution in [0.1, 0.15) is 46.5 Å². The number of morpholine rings is 1. The molecule has 2 unspecified atom stereocenters. The van der Waals surface area contributed by atoms with E-state index in [-0.39, 0.29) is 12.1 Å². The highest BCUT2D eigenvalue weighted by Gasteiger charge is 2.33. The van der Waals surface area contributed by atoms with Gasteiger partial charge in [-0.05, 0) is 46.5 Å². The normalized spacial score (nSPS) is 27.2. The molecular formula is C21H39N5O3. The van der Waals surface area contributed by atoms with Crippen LogP contribution < -0.4 is 5.32 Å². The monoisotopic (exact) mass is 409 g/mol. The molecule has 0 spiro atoms. The van der Waals surface area contributed by atoms with Crippen LogP contribution in [-0.2, 0) is 9.47 Å². The van der Waals surface area contributed by atoms with E-state index in [9.17, 15) is 4.79 Å². The van der Waals surface area contributed by atoms with Crippen molar-refractivity contribution < 1.29 is 14.3 Å². The minimum Gasteiger partial charge on any atom is -0.444 e. The van der Waals surface area contributed by atoms with E-state index in [1.54, 1.807) is 0 Å². The van der Waals surface area contributed by atoms with Gasteiger partial charge in [-0.15, -0.1) is 0 Å². The SMILES string of the molecule is CN=C(NCC1CCCCN1C(=O)OC(C)(C)C)N1CCC(N2CCOCC2)C1. The molecule has 0 bridgehead atoms. The quantitative estimate of drug-likeness (QED) is 0.566. The highest BCUT2D eigenvalue weighted by molar-refractivity contribution is 5.80. The van der Waals surface area contributed by atoms with Crippen molar-refractivity contribution in [3.8, 4) is 0 Å². The molecule has 3 aliphatic rings. The van der Waals surface area contributed by atoms with Gasteiger partial charge >= 0.3 is 6.09 Å². The molecule has 3 saturated heterocycles. The third-order valence-electron chi connectivity index (χ3n) is 5.99. The second-order valence-electron chi connectivity index (χ2n) is 9.29. The highest BCUT2D eigenvalue weighted by Crippen LogP contribution is 2.21. The molecule has 3 aliphatic heterocycles. The van der Waals surface area contributed by atoms with Crippen LogP contribution in [0.5, 0.6) is 0 Å². The molecule has 3 rings (SSSR count). The minimum atomic E-state index is -0.466. The van der Waals surface area contributed by atoms with Gasteiger partial charge in [-0.2, -0.15) is 0 Å². The number of guanidine groups is 1. The summed E-state index contributed by atoms with van der Waals surface area (Å²) in [6.45, 7) is 13.0. The third kappa shape index (κ3) is 6.22. The topological polar surface area (TPSA) is 69.6 Å². The van der Waals surface area contributed by atoms with E-state index >= 15 is 0 Å². The zero-order valence-corrected chi connectivity index (χ0v) is 18.7. The van der Waals surface area contributed by atoms with Crippen LogP contribution in [0.3, 0.4) is 0 Å². The van der Waals surface area contributed by atoms with Crippen LogP contribution in [0.15, 0.2) is 4.99 Å². The number of nitrogens with zero attached hydrogens (tertiary/aromatic N) is 4. The number of piperidine rings is 1. The largest absolute Gasteiger partial charge is 0.444 e. The van der Waals surface area contributed by atoms with Crippen LogP contribution >= 0.6 is 0 Å². The van der Waals surface area contributed by atoms with E-state index in [4.69, 9.17) is 9.47 Å². The van der Waals surface area contributed by atoms with E-state index in [1.807, 2.05) is 32.7 Å². The van der Waals surface area contributed by atoms with E-state index < -0.39 is 5.60 Å². The zero-order valence-electron chi connectivity index (χ0n) is 18.7. The maximum Gasteiger partial charge on any atom is 0.410 e. The van der Waals surface area contributed by atoms with Gasteiger partial charge in [0.2, 0.25) is 0 Å². The molecule has 166 valence electrons. The Morgan fingerprint density at radius 3 is 2.59 bits per heavy atom. The lowest BCUT2D eigenvalue weighted by Crippen LogP contribution is -2.53. The molecule has 0 radical (unpaired) electrons. The van der Waals surface area contributed by atoms with Gasteiger partial charge in [0, 0.05) is 52.4 Å². The maximum absolute atomic E-state index is 12.6. The predicted molar refractivity (Wildman–Crippen MR) is 114 cm³/mol. The third-order valence-corrected chi connectivity index (χ3v) is 5.99. The minimum absolute atomic E-state index is 0.146. The summed E-state index contributed by atoms with van der Waals surface area (Å²) in [7, 11) is 1.84. The molecule has 8 nitrogen and oxygen atoms in total. The lowest BCUT2D eigenvalue weighted by molar-refractivity contribution is 0.0103. The first kappa shape index (κ1) is 22.2. The number of hydrogen-bond donors (Lipinski definition) is 1. The van der Waals surface area contributed by atoms with Crippen molar-refractivity contribution in [2.24, 2.45) is 4.99 Å². The van der Waals surface area contributed by atoms with E-state index in [0.717, 1.165) is 77.6 Å². The molecule has 1 N–H and O–H groups in total. The number of likely N-dealkylation sites (tertiary alicyclic amines) is 2. The Kier molecular flexibility index (Phi) is 7.62. The molecule has 0 aromatic rings. The summed E-state index contributed by atoms with van der Waals surface area (Å²) in [4.78, 5) is 23.9. The smallest absolute Gasteiger partial charge is 0.410 e. The molecule has 29 heavy (non-hydrogen) atoms. The summed E-state index contributed by atoms with van der Waals surface area (Å²) in [6.07, 6.45) is 4.14. The zero-order chi connectivity index (χ0) is 20.9. The highest BCUT2D eigenvalue weighted by atomic mass is 16.6. The van der Waals surface area contributed by atoms with Crippen molar-refractivity contribution >= 4 is 12.1 Å². The Labute approximate surface area is 175 Å². The maximum atomic E-state index is 12.6. The summed E-state index contributed by atoms with van der Waals surface area (Å²) in [5.74, 6) is 0.940. The molecular weight excluding hydrogens is 370 g/mol. The first-order valence-electron chi connectivity index (χ1n) is 11.1. The van der Waals surface area contributed by atoms with Crippen molar-refractivity contribution in [1.82, 2.24) is 20.0 Å². The Hall–Kier alpha value is -1.54. The standard InChI is InChI=1S/C21H39N5O3/c1-21(2,3)29-20(27)26-9-6-5-7-17(26)15-23-19(22-4)25-10-8-18(16-25)24-11-13-28-14-12-24/h17-18H,5-16H2,1-4H3,(H,22,23). The van der Waals surface area contributed by atoms with Crippen molar-refractivity contribution in [2.45, 2.75) is 64.1 Å². The molecule has 1 amide bonds. The lowest BCUT2D eigenvalue weighted by atomic mass is 10.0. The van der Waals surface area contributed by atoms with Crippen molar-refractivity contribution in [3.63, 3.8) is 0 Å². The predicted octanol–water partition coefficient (Wildman–Crippen LogP) is 1.76. The van der Waals surface area contributed by atoms with Crippen LogP contribution in [0.4, 0.5) is 4.79 Å². The van der Waals surface area contributed by atoms with Gasteiger partial charge in [-0.3, -0.25) is 9.89 Å². The number of amides is 1. The average Bonchev–Trinajstić information content (AvgIpc) is 3.18. The van der Waals surface area contributed by atoms with Crippen molar-refractivity contribution in [3.05, 3.63) is 0 Å². The Morgan fingerprint density at radius 1 is 1.14 bits per heavy atom. The summed E-state index contributed by atoms with van der Waals surface area (Å²) in [5, 5.41) is 3.54. The number of carbonyl (C=O) groups excluding carboxylic acids is 1. The van der Waals surface area contributed by atoms with Gasteiger partial charge in [0.05, 0.1) is 19.3 Å². The van der Waals surface area contributed by atoms with Gasteiger partial charge in [0.1, 0.15) is 5.60 Å². The molecule has 3 fully saturated rings. The second-order valence-corrected chi connectivity index (χ2v) is 9.29. The summed E-state index contributed by atoms with van der Waals surface area (Å²) in [5.41, 5.74) is -0.466. The van der Waals surface area contributed by atoms with Gasteiger partial charge in [-0.25, -0.2) is 4.79 Å². The number of carbonyl (C=O) groups is 1.